The number of carbonyl (C=O) groups excluding carboxylic acids is 2. The van der Waals surface area contributed by atoms with Crippen molar-refractivity contribution in [2.24, 2.45) is 11.7 Å². The second kappa shape index (κ2) is 6.05. The van der Waals surface area contributed by atoms with Gasteiger partial charge in [0.05, 0.1) is 6.04 Å². The summed E-state index contributed by atoms with van der Waals surface area (Å²) in [5.74, 6) is -0.271. The number of nitrogens with two attached hydrogens (primary N) is 1. The van der Waals surface area contributed by atoms with Crippen LogP contribution in [0.3, 0.4) is 0 Å². The van der Waals surface area contributed by atoms with E-state index >= 15 is 0 Å². The van der Waals surface area contributed by atoms with Gasteiger partial charge in [0.1, 0.15) is 0 Å². The average Bonchev–Trinajstić information content (AvgIpc) is 3.21. The highest BCUT2D eigenvalue weighted by Gasteiger charge is 2.24. The molecule has 1 fully saturated rings. The lowest BCUT2D eigenvalue weighted by atomic mass is 10.0. The molecule has 1 saturated carbocycles. The van der Waals surface area contributed by atoms with Gasteiger partial charge in [0.15, 0.2) is 0 Å². The molecule has 0 bridgehead atoms. The molecule has 2 amide bonds. The molecule has 20 heavy (non-hydrogen) atoms. The maximum absolute atomic E-state index is 11.9. The van der Waals surface area contributed by atoms with Gasteiger partial charge in [-0.3, -0.25) is 9.59 Å². The van der Waals surface area contributed by atoms with Gasteiger partial charge in [0.2, 0.25) is 5.91 Å². The Morgan fingerprint density at radius 2 is 2.00 bits per heavy atom. The van der Waals surface area contributed by atoms with E-state index in [-0.39, 0.29) is 17.7 Å². The summed E-state index contributed by atoms with van der Waals surface area (Å²) < 4.78 is 0. The van der Waals surface area contributed by atoms with Crippen molar-refractivity contribution in [3.05, 3.63) is 29.8 Å². The summed E-state index contributed by atoms with van der Waals surface area (Å²) in [6.07, 6.45) is 2.09. The Bertz CT molecular complexity index is 510. The third-order valence-corrected chi connectivity index (χ3v) is 3.33. The highest BCUT2D eigenvalue weighted by molar-refractivity contribution is 5.98. The summed E-state index contributed by atoms with van der Waals surface area (Å²) >= 11 is 0. The second-order valence-corrected chi connectivity index (χ2v) is 5.59. The van der Waals surface area contributed by atoms with Gasteiger partial charge in [0, 0.05) is 17.3 Å². The molecule has 0 saturated heterocycles. The van der Waals surface area contributed by atoms with Crippen LogP contribution in [0.15, 0.2) is 24.3 Å². The van der Waals surface area contributed by atoms with E-state index in [1.807, 2.05) is 13.8 Å². The predicted octanol–water partition coefficient (Wildman–Crippen LogP) is 1.50. The number of hydrogen-bond donors (Lipinski definition) is 3. The zero-order valence-electron chi connectivity index (χ0n) is 11.8. The zero-order chi connectivity index (χ0) is 14.7. The molecule has 4 N–H and O–H groups in total. The fraction of sp³-hybridized carbons (Fsp3) is 0.467. The minimum atomic E-state index is -0.557. The van der Waals surface area contributed by atoms with Crippen LogP contribution < -0.4 is 16.4 Å². The van der Waals surface area contributed by atoms with Gasteiger partial charge in [-0.2, -0.15) is 0 Å². The van der Waals surface area contributed by atoms with Crippen molar-refractivity contribution < 1.29 is 9.59 Å². The van der Waals surface area contributed by atoms with E-state index in [0.29, 0.717) is 17.3 Å². The van der Waals surface area contributed by atoms with Gasteiger partial charge in [-0.25, -0.2) is 0 Å². The second-order valence-electron chi connectivity index (χ2n) is 5.59. The molecule has 0 aliphatic heterocycles. The molecule has 2 rings (SSSR count). The number of nitrogens with one attached hydrogen (secondary N) is 2. The third-order valence-electron chi connectivity index (χ3n) is 3.33. The third kappa shape index (κ3) is 3.81. The van der Waals surface area contributed by atoms with Crippen LogP contribution in [0.4, 0.5) is 5.69 Å². The average molecular weight is 275 g/mol. The number of anilines is 1. The molecule has 0 unspecified atom stereocenters. The maximum Gasteiger partial charge on any atom is 0.251 e. The standard InChI is InChI=1S/C15H21N3O2/c1-9(2)13(16)15(20)18-12-5-3-4-10(8-12)14(19)17-11-6-7-11/h3-5,8-9,11,13H,6-7,16H2,1-2H3,(H,17,19)(H,18,20)/t13-/m1/s1. The molecule has 5 nitrogen and oxygen atoms in total. The largest absolute Gasteiger partial charge is 0.349 e. The fourth-order valence-corrected chi connectivity index (χ4v) is 1.76. The molecule has 0 spiro atoms. The lowest BCUT2D eigenvalue weighted by molar-refractivity contribution is -0.118. The maximum atomic E-state index is 11.9. The van der Waals surface area contributed by atoms with Crippen molar-refractivity contribution in [3.8, 4) is 0 Å². The van der Waals surface area contributed by atoms with Crippen molar-refractivity contribution in [1.82, 2.24) is 5.32 Å². The van der Waals surface area contributed by atoms with E-state index in [1.54, 1.807) is 24.3 Å². The number of amides is 2. The van der Waals surface area contributed by atoms with Crippen LogP contribution in [0.2, 0.25) is 0 Å². The topological polar surface area (TPSA) is 84.2 Å². The monoisotopic (exact) mass is 275 g/mol. The Kier molecular flexibility index (Phi) is 4.39. The summed E-state index contributed by atoms with van der Waals surface area (Å²) in [5, 5.41) is 5.66. The number of carbonyl (C=O) groups is 2. The van der Waals surface area contributed by atoms with Crippen molar-refractivity contribution in [3.63, 3.8) is 0 Å². The van der Waals surface area contributed by atoms with Gasteiger partial charge in [-0.15, -0.1) is 0 Å². The van der Waals surface area contributed by atoms with Crippen LogP contribution in [0.5, 0.6) is 0 Å². The number of benzene rings is 1. The lowest BCUT2D eigenvalue weighted by Gasteiger charge is -2.15. The molecule has 1 aliphatic carbocycles. The van der Waals surface area contributed by atoms with E-state index in [9.17, 15) is 9.59 Å². The minimum Gasteiger partial charge on any atom is -0.349 e. The van der Waals surface area contributed by atoms with Crippen molar-refractivity contribution in [2.45, 2.75) is 38.8 Å². The Hall–Kier alpha value is -1.88. The Morgan fingerprint density at radius 3 is 2.60 bits per heavy atom. The molecule has 1 aromatic carbocycles. The molecule has 1 atom stereocenters. The predicted molar refractivity (Wildman–Crippen MR) is 78.4 cm³/mol. The summed E-state index contributed by atoms with van der Waals surface area (Å²) in [4.78, 5) is 23.8. The van der Waals surface area contributed by atoms with E-state index in [0.717, 1.165) is 12.8 Å². The van der Waals surface area contributed by atoms with Gasteiger partial charge in [0.25, 0.3) is 5.91 Å². The normalized spacial score (nSPS) is 15.8. The van der Waals surface area contributed by atoms with Crippen molar-refractivity contribution in [1.29, 1.82) is 0 Å². The first-order valence-electron chi connectivity index (χ1n) is 6.94. The summed E-state index contributed by atoms with van der Waals surface area (Å²) in [6, 6.07) is 6.66. The highest BCUT2D eigenvalue weighted by atomic mass is 16.2. The first kappa shape index (κ1) is 14.5. The smallest absolute Gasteiger partial charge is 0.251 e. The van der Waals surface area contributed by atoms with E-state index < -0.39 is 6.04 Å². The Balaban J connectivity index is 2.01. The van der Waals surface area contributed by atoms with Crippen LogP contribution >= 0.6 is 0 Å². The first-order valence-corrected chi connectivity index (χ1v) is 6.94. The SMILES string of the molecule is CC(C)[C@@H](N)C(=O)Nc1cccc(C(=O)NC2CC2)c1. The van der Waals surface area contributed by atoms with E-state index in [4.69, 9.17) is 5.73 Å². The molecular weight excluding hydrogens is 254 g/mol. The number of hydrogen-bond acceptors (Lipinski definition) is 3. The van der Waals surface area contributed by atoms with Gasteiger partial charge in [-0.05, 0) is 37.0 Å². The van der Waals surface area contributed by atoms with Gasteiger partial charge < -0.3 is 16.4 Å². The summed E-state index contributed by atoms with van der Waals surface area (Å²) in [7, 11) is 0. The van der Waals surface area contributed by atoms with Crippen LogP contribution in [0.1, 0.15) is 37.0 Å². The van der Waals surface area contributed by atoms with E-state index in [1.165, 1.54) is 0 Å². The van der Waals surface area contributed by atoms with Crippen LogP contribution in [-0.4, -0.2) is 23.9 Å². The first-order chi connectivity index (χ1) is 9.47. The Morgan fingerprint density at radius 1 is 1.30 bits per heavy atom. The van der Waals surface area contributed by atoms with E-state index in [2.05, 4.69) is 10.6 Å². The van der Waals surface area contributed by atoms with Crippen molar-refractivity contribution >= 4 is 17.5 Å². The molecule has 5 heteroatoms. The lowest BCUT2D eigenvalue weighted by Crippen LogP contribution is -2.39. The molecule has 0 heterocycles. The molecule has 1 aliphatic rings. The zero-order valence-corrected chi connectivity index (χ0v) is 11.8. The summed E-state index contributed by atoms with van der Waals surface area (Å²) in [5.41, 5.74) is 6.93. The fourth-order valence-electron chi connectivity index (χ4n) is 1.76. The molecule has 0 radical (unpaired) electrons. The molecular formula is C15H21N3O2. The van der Waals surface area contributed by atoms with Crippen LogP contribution in [0.25, 0.3) is 0 Å². The minimum absolute atomic E-state index is 0.0661. The van der Waals surface area contributed by atoms with Gasteiger partial charge in [-0.1, -0.05) is 19.9 Å². The molecule has 0 aromatic heterocycles. The summed E-state index contributed by atoms with van der Waals surface area (Å²) in [6.45, 7) is 3.79. The van der Waals surface area contributed by atoms with Crippen molar-refractivity contribution in [2.75, 3.05) is 5.32 Å². The molecule has 1 aromatic rings. The van der Waals surface area contributed by atoms with Crippen LogP contribution in [-0.2, 0) is 4.79 Å². The highest BCUT2D eigenvalue weighted by Crippen LogP contribution is 2.20. The Labute approximate surface area is 118 Å². The molecule has 108 valence electrons. The van der Waals surface area contributed by atoms with Crippen LogP contribution in [0, 0.1) is 5.92 Å². The number of rotatable bonds is 5. The quantitative estimate of drug-likeness (QED) is 0.761. The van der Waals surface area contributed by atoms with Gasteiger partial charge >= 0.3 is 0 Å².